The molecule has 0 aliphatic rings. The maximum absolute atomic E-state index is 12.0. The zero-order valence-electron chi connectivity index (χ0n) is 11.7. The number of unbranched alkanes of at least 4 members (excludes halogenated alkanes) is 1. The highest BCUT2D eigenvalue weighted by Gasteiger charge is 2.19. The molecule has 0 unspecified atom stereocenters. The predicted molar refractivity (Wildman–Crippen MR) is 72.8 cm³/mol. The van der Waals surface area contributed by atoms with Crippen LogP contribution in [0.5, 0.6) is 0 Å². The highest BCUT2D eigenvalue weighted by molar-refractivity contribution is 7.89. The summed E-state index contributed by atoms with van der Waals surface area (Å²) in [6.07, 6.45) is 3.35. The Kier molecular flexibility index (Phi) is 5.34. The Morgan fingerprint density at radius 2 is 2.06 bits per heavy atom. The van der Waals surface area contributed by atoms with E-state index in [4.69, 9.17) is 0 Å². The molecule has 0 aliphatic heterocycles. The van der Waals surface area contributed by atoms with Crippen LogP contribution in [0.25, 0.3) is 0 Å². The third-order valence-corrected chi connectivity index (χ3v) is 5.01. The lowest BCUT2D eigenvalue weighted by atomic mass is 10.2. The van der Waals surface area contributed by atoms with Gasteiger partial charge in [-0.25, -0.2) is 12.7 Å². The molecule has 1 aromatic heterocycles. The largest absolute Gasteiger partial charge is 0.270 e. The van der Waals surface area contributed by atoms with Gasteiger partial charge in [0, 0.05) is 31.4 Å². The Hall–Kier alpha value is -0.880. The Bertz CT molecular complexity index is 480. The SMILES string of the molecule is CCCCS(=O)(=O)N(C)Cc1cnn(CC)c1C. The molecule has 0 atom stereocenters. The molecule has 0 aromatic carbocycles. The first-order valence-electron chi connectivity index (χ1n) is 6.37. The summed E-state index contributed by atoms with van der Waals surface area (Å²) >= 11 is 0. The molecule has 6 heteroatoms. The minimum atomic E-state index is -3.14. The van der Waals surface area contributed by atoms with Crippen LogP contribution in [0.3, 0.4) is 0 Å². The number of sulfonamides is 1. The molecule has 0 spiro atoms. The highest BCUT2D eigenvalue weighted by Crippen LogP contribution is 2.13. The molecule has 0 fully saturated rings. The fourth-order valence-corrected chi connectivity index (χ4v) is 3.08. The Balaban J connectivity index is 2.75. The first-order chi connectivity index (χ1) is 8.42. The summed E-state index contributed by atoms with van der Waals surface area (Å²) in [5, 5.41) is 4.23. The monoisotopic (exact) mass is 273 g/mol. The van der Waals surface area contributed by atoms with Crippen LogP contribution in [0.4, 0.5) is 0 Å². The minimum Gasteiger partial charge on any atom is -0.270 e. The highest BCUT2D eigenvalue weighted by atomic mass is 32.2. The second-order valence-corrected chi connectivity index (χ2v) is 6.69. The molecule has 0 saturated carbocycles. The lowest BCUT2D eigenvalue weighted by molar-refractivity contribution is 0.463. The molecule has 1 aromatic rings. The second-order valence-electron chi connectivity index (χ2n) is 4.50. The molecule has 1 rings (SSSR count). The van der Waals surface area contributed by atoms with E-state index in [9.17, 15) is 8.42 Å². The molecule has 5 nitrogen and oxygen atoms in total. The molecule has 104 valence electrons. The van der Waals surface area contributed by atoms with E-state index in [0.29, 0.717) is 13.0 Å². The summed E-state index contributed by atoms with van der Waals surface area (Å²) in [6, 6.07) is 0. The van der Waals surface area contributed by atoms with Crippen LogP contribution in [0.2, 0.25) is 0 Å². The molecule has 0 saturated heterocycles. The quantitative estimate of drug-likeness (QED) is 0.761. The lowest BCUT2D eigenvalue weighted by Gasteiger charge is -2.16. The maximum Gasteiger partial charge on any atom is 0.214 e. The molecule has 1 heterocycles. The number of aromatic nitrogens is 2. The zero-order valence-corrected chi connectivity index (χ0v) is 12.5. The fraction of sp³-hybridized carbons (Fsp3) is 0.750. The van der Waals surface area contributed by atoms with E-state index in [1.807, 2.05) is 25.5 Å². The summed E-state index contributed by atoms with van der Waals surface area (Å²) in [6.45, 7) is 7.19. The van der Waals surface area contributed by atoms with E-state index in [-0.39, 0.29) is 5.75 Å². The van der Waals surface area contributed by atoms with E-state index in [2.05, 4.69) is 5.10 Å². The topological polar surface area (TPSA) is 55.2 Å². The minimum absolute atomic E-state index is 0.223. The van der Waals surface area contributed by atoms with Crippen molar-refractivity contribution in [3.63, 3.8) is 0 Å². The van der Waals surface area contributed by atoms with Crippen molar-refractivity contribution in [3.05, 3.63) is 17.5 Å². The van der Waals surface area contributed by atoms with Crippen LogP contribution in [-0.4, -0.2) is 35.3 Å². The van der Waals surface area contributed by atoms with Gasteiger partial charge in [0.15, 0.2) is 0 Å². The van der Waals surface area contributed by atoms with Crippen molar-refractivity contribution in [2.75, 3.05) is 12.8 Å². The van der Waals surface area contributed by atoms with Crippen LogP contribution in [0.1, 0.15) is 37.9 Å². The summed E-state index contributed by atoms with van der Waals surface area (Å²) in [4.78, 5) is 0. The van der Waals surface area contributed by atoms with Gasteiger partial charge in [-0.1, -0.05) is 13.3 Å². The normalized spacial score (nSPS) is 12.3. The van der Waals surface area contributed by atoms with Crippen molar-refractivity contribution in [1.82, 2.24) is 14.1 Å². The number of hydrogen-bond donors (Lipinski definition) is 0. The summed E-state index contributed by atoms with van der Waals surface area (Å²) in [7, 11) is -1.51. The van der Waals surface area contributed by atoms with Crippen LogP contribution >= 0.6 is 0 Å². The predicted octanol–water partition coefficient (Wildman–Crippen LogP) is 1.77. The van der Waals surface area contributed by atoms with Crippen molar-refractivity contribution in [2.45, 2.75) is 46.7 Å². The van der Waals surface area contributed by atoms with Gasteiger partial charge >= 0.3 is 0 Å². The van der Waals surface area contributed by atoms with Crippen LogP contribution in [0, 0.1) is 6.92 Å². The van der Waals surface area contributed by atoms with Gasteiger partial charge in [-0.3, -0.25) is 4.68 Å². The van der Waals surface area contributed by atoms with Crippen molar-refractivity contribution in [2.24, 2.45) is 0 Å². The first kappa shape index (κ1) is 15.2. The van der Waals surface area contributed by atoms with E-state index in [0.717, 1.165) is 24.2 Å². The lowest BCUT2D eigenvalue weighted by Crippen LogP contribution is -2.29. The third kappa shape index (κ3) is 3.55. The Morgan fingerprint density at radius 3 is 2.56 bits per heavy atom. The van der Waals surface area contributed by atoms with Crippen molar-refractivity contribution < 1.29 is 8.42 Å². The zero-order chi connectivity index (χ0) is 13.8. The van der Waals surface area contributed by atoms with Crippen LogP contribution in [0.15, 0.2) is 6.20 Å². The van der Waals surface area contributed by atoms with E-state index >= 15 is 0 Å². The summed E-state index contributed by atoms with van der Waals surface area (Å²) in [5.74, 6) is 0.223. The van der Waals surface area contributed by atoms with Crippen molar-refractivity contribution in [1.29, 1.82) is 0 Å². The second kappa shape index (κ2) is 6.33. The standard InChI is InChI=1S/C12H23N3O2S/c1-5-7-8-18(16,17)14(4)10-12-9-13-15(6-2)11(12)3/h9H,5-8,10H2,1-4H3. The van der Waals surface area contributed by atoms with Gasteiger partial charge in [-0.2, -0.15) is 5.10 Å². The van der Waals surface area contributed by atoms with E-state index < -0.39 is 10.0 Å². The third-order valence-electron chi connectivity index (χ3n) is 3.13. The summed E-state index contributed by atoms with van der Waals surface area (Å²) < 4.78 is 27.3. The molecule has 0 N–H and O–H groups in total. The van der Waals surface area contributed by atoms with Gasteiger partial charge in [0.25, 0.3) is 0 Å². The molecule has 0 bridgehead atoms. The van der Waals surface area contributed by atoms with Gasteiger partial charge < -0.3 is 0 Å². The Labute approximate surface area is 110 Å². The number of rotatable bonds is 7. The smallest absolute Gasteiger partial charge is 0.214 e. The molecule has 0 aliphatic carbocycles. The number of aryl methyl sites for hydroxylation is 1. The van der Waals surface area contributed by atoms with Gasteiger partial charge in [0.2, 0.25) is 10.0 Å². The summed E-state index contributed by atoms with van der Waals surface area (Å²) in [5.41, 5.74) is 2.01. The molecule has 18 heavy (non-hydrogen) atoms. The van der Waals surface area contributed by atoms with Gasteiger partial charge in [-0.15, -0.1) is 0 Å². The number of nitrogens with zero attached hydrogens (tertiary/aromatic N) is 3. The van der Waals surface area contributed by atoms with Gasteiger partial charge in [0.05, 0.1) is 11.9 Å². The Morgan fingerprint density at radius 1 is 1.39 bits per heavy atom. The molecular weight excluding hydrogens is 250 g/mol. The molecular formula is C12H23N3O2S. The van der Waals surface area contributed by atoms with Crippen LogP contribution in [-0.2, 0) is 23.1 Å². The maximum atomic E-state index is 12.0. The first-order valence-corrected chi connectivity index (χ1v) is 7.98. The van der Waals surface area contributed by atoms with E-state index in [1.54, 1.807) is 13.2 Å². The van der Waals surface area contributed by atoms with Gasteiger partial charge in [0.1, 0.15) is 0 Å². The molecule has 0 radical (unpaired) electrons. The van der Waals surface area contributed by atoms with Crippen LogP contribution < -0.4 is 0 Å². The van der Waals surface area contributed by atoms with Crippen molar-refractivity contribution >= 4 is 10.0 Å². The molecule has 0 amide bonds. The average molecular weight is 273 g/mol. The number of hydrogen-bond acceptors (Lipinski definition) is 3. The van der Waals surface area contributed by atoms with E-state index in [1.165, 1.54) is 4.31 Å². The van der Waals surface area contributed by atoms with Crippen molar-refractivity contribution in [3.8, 4) is 0 Å². The fourth-order valence-electron chi connectivity index (χ4n) is 1.78. The van der Waals surface area contributed by atoms with Gasteiger partial charge in [-0.05, 0) is 20.3 Å². The average Bonchev–Trinajstić information content (AvgIpc) is 2.68.